The van der Waals surface area contributed by atoms with Gasteiger partial charge in [-0.2, -0.15) is 0 Å². The Balaban J connectivity index is 2.21. The topological polar surface area (TPSA) is 76.0 Å². The van der Waals surface area contributed by atoms with Gasteiger partial charge in [-0.15, -0.1) is 0 Å². The number of hydrogen-bond acceptors (Lipinski definition) is 3. The van der Waals surface area contributed by atoms with Crippen molar-refractivity contribution >= 4 is 7.82 Å². The number of rotatable bonds is 3. The molecule has 5 nitrogen and oxygen atoms in total. The van der Waals surface area contributed by atoms with E-state index in [1.54, 1.807) is 0 Å². The molecular formula is C6H13O5P. The molecule has 12 heavy (non-hydrogen) atoms. The van der Waals surface area contributed by atoms with Gasteiger partial charge in [-0.25, -0.2) is 4.57 Å². The van der Waals surface area contributed by atoms with Gasteiger partial charge < -0.3 is 14.5 Å². The van der Waals surface area contributed by atoms with Crippen LogP contribution in [-0.4, -0.2) is 28.6 Å². The predicted octanol–water partition coefficient (Wildman–Crippen LogP) is 0.663. The Morgan fingerprint density at radius 2 is 2.25 bits per heavy atom. The SMILES string of the molecule is C[C@H]1CCC(COP(=O)(O)O)O1. The first kappa shape index (κ1) is 10.2. The average Bonchev–Trinajstić information content (AvgIpc) is 2.30. The molecule has 72 valence electrons. The molecule has 0 radical (unpaired) electrons. The summed E-state index contributed by atoms with van der Waals surface area (Å²) in [5.41, 5.74) is 0. The Morgan fingerprint density at radius 3 is 2.67 bits per heavy atom. The number of phosphoric acid groups is 1. The molecule has 1 rings (SSSR count). The van der Waals surface area contributed by atoms with Gasteiger partial charge in [0.15, 0.2) is 0 Å². The summed E-state index contributed by atoms with van der Waals surface area (Å²) in [6, 6.07) is 0. The maximum Gasteiger partial charge on any atom is 0.469 e. The summed E-state index contributed by atoms with van der Waals surface area (Å²) in [4.78, 5) is 16.8. The van der Waals surface area contributed by atoms with Gasteiger partial charge in [0, 0.05) is 0 Å². The van der Waals surface area contributed by atoms with Crippen molar-refractivity contribution in [3.63, 3.8) is 0 Å². The summed E-state index contributed by atoms with van der Waals surface area (Å²) < 4.78 is 19.9. The summed E-state index contributed by atoms with van der Waals surface area (Å²) in [5.74, 6) is 0. The van der Waals surface area contributed by atoms with Crippen LogP contribution in [0.3, 0.4) is 0 Å². The Hall–Kier alpha value is 0.0700. The largest absolute Gasteiger partial charge is 0.469 e. The normalized spacial score (nSPS) is 30.9. The molecule has 0 aromatic heterocycles. The number of ether oxygens (including phenoxy) is 1. The highest BCUT2D eigenvalue weighted by molar-refractivity contribution is 7.46. The zero-order chi connectivity index (χ0) is 9.19. The van der Waals surface area contributed by atoms with Gasteiger partial charge in [0.1, 0.15) is 0 Å². The van der Waals surface area contributed by atoms with Gasteiger partial charge >= 0.3 is 7.82 Å². The lowest BCUT2D eigenvalue weighted by atomic mass is 10.2. The predicted molar refractivity (Wildman–Crippen MR) is 41.6 cm³/mol. The minimum Gasteiger partial charge on any atom is -0.373 e. The van der Waals surface area contributed by atoms with Gasteiger partial charge in [0.2, 0.25) is 0 Å². The third kappa shape index (κ3) is 3.65. The van der Waals surface area contributed by atoms with Crippen molar-refractivity contribution in [1.82, 2.24) is 0 Å². The lowest BCUT2D eigenvalue weighted by Crippen LogP contribution is -2.14. The van der Waals surface area contributed by atoms with Crippen LogP contribution in [0.2, 0.25) is 0 Å². The molecule has 1 saturated heterocycles. The van der Waals surface area contributed by atoms with Crippen molar-refractivity contribution in [3.05, 3.63) is 0 Å². The number of hydrogen-bond donors (Lipinski definition) is 2. The van der Waals surface area contributed by atoms with E-state index < -0.39 is 7.82 Å². The zero-order valence-corrected chi connectivity index (χ0v) is 7.74. The van der Waals surface area contributed by atoms with Gasteiger partial charge in [-0.05, 0) is 19.8 Å². The summed E-state index contributed by atoms with van der Waals surface area (Å²) in [7, 11) is -4.32. The Morgan fingerprint density at radius 1 is 1.58 bits per heavy atom. The molecule has 2 atom stereocenters. The van der Waals surface area contributed by atoms with Crippen LogP contribution in [0.25, 0.3) is 0 Å². The quantitative estimate of drug-likeness (QED) is 0.648. The highest BCUT2D eigenvalue weighted by Gasteiger charge is 2.25. The maximum atomic E-state index is 10.3. The summed E-state index contributed by atoms with van der Waals surface area (Å²) in [6.07, 6.45) is 1.75. The molecule has 1 heterocycles. The van der Waals surface area contributed by atoms with E-state index in [0.717, 1.165) is 12.8 Å². The van der Waals surface area contributed by atoms with Crippen molar-refractivity contribution in [1.29, 1.82) is 0 Å². The van der Waals surface area contributed by atoms with E-state index in [0.29, 0.717) is 0 Å². The van der Waals surface area contributed by atoms with Crippen molar-refractivity contribution in [2.45, 2.75) is 32.0 Å². The van der Waals surface area contributed by atoms with E-state index in [9.17, 15) is 4.57 Å². The van der Waals surface area contributed by atoms with Crippen LogP contribution in [0, 0.1) is 0 Å². The zero-order valence-electron chi connectivity index (χ0n) is 6.84. The molecule has 1 unspecified atom stereocenters. The summed E-state index contributed by atoms with van der Waals surface area (Å²) >= 11 is 0. The Kier molecular flexibility index (Phi) is 3.26. The van der Waals surface area contributed by atoms with Crippen LogP contribution in [0.5, 0.6) is 0 Å². The van der Waals surface area contributed by atoms with E-state index in [1.807, 2.05) is 6.92 Å². The van der Waals surface area contributed by atoms with Crippen LogP contribution < -0.4 is 0 Å². The summed E-state index contributed by atoms with van der Waals surface area (Å²) in [6.45, 7) is 1.91. The second-order valence-corrected chi connectivity index (χ2v) is 4.17. The first-order chi connectivity index (χ1) is 5.47. The van der Waals surface area contributed by atoms with Crippen molar-refractivity contribution in [2.75, 3.05) is 6.61 Å². The van der Waals surface area contributed by atoms with Crippen LogP contribution in [0.4, 0.5) is 0 Å². The molecule has 0 aliphatic carbocycles. The first-order valence-corrected chi connectivity index (χ1v) is 5.36. The van der Waals surface area contributed by atoms with Gasteiger partial charge in [-0.1, -0.05) is 0 Å². The van der Waals surface area contributed by atoms with Crippen LogP contribution in [0.1, 0.15) is 19.8 Å². The third-order valence-corrected chi connectivity index (χ3v) is 2.23. The molecule has 0 bridgehead atoms. The molecule has 0 saturated carbocycles. The Labute approximate surface area is 70.9 Å². The van der Waals surface area contributed by atoms with E-state index in [-0.39, 0.29) is 18.8 Å². The Bertz CT molecular complexity index is 188. The fourth-order valence-corrected chi connectivity index (χ4v) is 1.55. The van der Waals surface area contributed by atoms with Gasteiger partial charge in [0.05, 0.1) is 18.8 Å². The average molecular weight is 196 g/mol. The molecular weight excluding hydrogens is 183 g/mol. The van der Waals surface area contributed by atoms with Gasteiger partial charge in [0.25, 0.3) is 0 Å². The van der Waals surface area contributed by atoms with Crippen molar-refractivity contribution in [3.8, 4) is 0 Å². The number of phosphoric ester groups is 1. The molecule has 0 spiro atoms. The fraction of sp³-hybridized carbons (Fsp3) is 1.00. The standard InChI is InChI=1S/C6H13O5P/c1-5-2-3-6(11-5)4-10-12(7,8)9/h5-6H,2-4H2,1H3,(H2,7,8,9)/t5-,6?/m0/s1. The van der Waals surface area contributed by atoms with Crippen molar-refractivity contribution in [2.24, 2.45) is 0 Å². The maximum absolute atomic E-state index is 10.3. The minimum absolute atomic E-state index is 0.0192. The van der Waals surface area contributed by atoms with Gasteiger partial charge in [-0.3, -0.25) is 4.52 Å². The minimum atomic E-state index is -4.32. The van der Waals surface area contributed by atoms with E-state index in [4.69, 9.17) is 14.5 Å². The van der Waals surface area contributed by atoms with E-state index in [2.05, 4.69) is 4.52 Å². The lowest BCUT2D eigenvalue weighted by molar-refractivity contribution is 0.0185. The third-order valence-electron chi connectivity index (χ3n) is 1.75. The highest BCUT2D eigenvalue weighted by atomic mass is 31.2. The second-order valence-electron chi connectivity index (χ2n) is 2.93. The molecule has 0 amide bonds. The lowest BCUT2D eigenvalue weighted by Gasteiger charge is -2.11. The smallest absolute Gasteiger partial charge is 0.373 e. The summed E-state index contributed by atoms with van der Waals surface area (Å²) in [5, 5.41) is 0. The molecule has 1 aliphatic heterocycles. The molecule has 0 aromatic rings. The second kappa shape index (κ2) is 3.85. The molecule has 2 N–H and O–H groups in total. The molecule has 0 aromatic carbocycles. The molecule has 1 fully saturated rings. The van der Waals surface area contributed by atoms with Crippen LogP contribution >= 0.6 is 7.82 Å². The fourth-order valence-electron chi connectivity index (χ4n) is 1.19. The highest BCUT2D eigenvalue weighted by Crippen LogP contribution is 2.36. The first-order valence-electron chi connectivity index (χ1n) is 3.83. The molecule has 6 heteroatoms. The van der Waals surface area contributed by atoms with Crippen LogP contribution in [-0.2, 0) is 13.8 Å². The van der Waals surface area contributed by atoms with E-state index >= 15 is 0 Å². The van der Waals surface area contributed by atoms with Crippen LogP contribution in [0.15, 0.2) is 0 Å². The van der Waals surface area contributed by atoms with Crippen molar-refractivity contribution < 1.29 is 23.6 Å². The van der Waals surface area contributed by atoms with E-state index in [1.165, 1.54) is 0 Å². The molecule has 1 aliphatic rings. The monoisotopic (exact) mass is 196 g/mol.